The number of hydrogen-bond acceptors (Lipinski definition) is 7. The van der Waals surface area contributed by atoms with Crippen LogP contribution in [0.25, 0.3) is 17.1 Å². The van der Waals surface area contributed by atoms with Crippen molar-refractivity contribution in [2.45, 2.75) is 26.1 Å². The predicted octanol–water partition coefficient (Wildman–Crippen LogP) is 4.84. The second-order valence-corrected chi connectivity index (χ2v) is 9.86. The van der Waals surface area contributed by atoms with E-state index >= 15 is 0 Å². The van der Waals surface area contributed by atoms with Gasteiger partial charge in [0.15, 0.2) is 5.76 Å². The van der Waals surface area contributed by atoms with Crippen molar-refractivity contribution in [2.75, 3.05) is 28.6 Å². The average molecular weight is 525 g/mol. The van der Waals surface area contributed by atoms with Crippen LogP contribution >= 0.6 is 0 Å². The summed E-state index contributed by atoms with van der Waals surface area (Å²) in [5, 5.41) is 6.41. The molecule has 2 aliphatic rings. The first-order chi connectivity index (χ1) is 18.9. The normalized spacial score (nSPS) is 19.7. The Labute approximate surface area is 225 Å². The van der Waals surface area contributed by atoms with E-state index in [0.717, 1.165) is 35.4 Å². The number of ether oxygens (including phenoxy) is 2. The average Bonchev–Trinajstić information content (AvgIpc) is 3.40. The van der Waals surface area contributed by atoms with Crippen molar-refractivity contribution in [3.8, 4) is 5.75 Å². The summed E-state index contributed by atoms with van der Waals surface area (Å²) in [6.45, 7) is 5.67. The van der Waals surface area contributed by atoms with E-state index in [4.69, 9.17) is 9.47 Å². The minimum absolute atomic E-state index is 0.103. The molecule has 0 saturated carbocycles. The van der Waals surface area contributed by atoms with Crippen molar-refractivity contribution in [3.05, 3.63) is 78.1 Å². The molecule has 10 nitrogen and oxygen atoms in total. The van der Waals surface area contributed by atoms with Crippen LogP contribution in [-0.4, -0.2) is 51.6 Å². The van der Waals surface area contributed by atoms with Gasteiger partial charge in [0.25, 0.3) is 0 Å². The van der Waals surface area contributed by atoms with Crippen LogP contribution in [0.1, 0.15) is 29.8 Å². The topological polar surface area (TPSA) is 111 Å². The second-order valence-electron chi connectivity index (χ2n) is 9.86. The Morgan fingerprint density at radius 3 is 2.64 bits per heavy atom. The third-order valence-corrected chi connectivity index (χ3v) is 6.76. The largest absolute Gasteiger partial charge is 0.452 e. The Hall–Kier alpha value is -4.70. The van der Waals surface area contributed by atoms with Gasteiger partial charge in [-0.25, -0.2) is 9.78 Å². The van der Waals surface area contributed by atoms with Gasteiger partial charge in [-0.2, -0.15) is 0 Å². The molecule has 1 saturated heterocycles. The molecule has 2 amide bonds. The van der Waals surface area contributed by atoms with Gasteiger partial charge >= 0.3 is 6.03 Å². The molecular formula is C29H28N6O4. The van der Waals surface area contributed by atoms with Gasteiger partial charge in [-0.3, -0.25) is 9.78 Å². The summed E-state index contributed by atoms with van der Waals surface area (Å²) >= 11 is 0. The molecule has 1 fully saturated rings. The number of nitrogens with one attached hydrogen (secondary N) is 2. The molecular weight excluding hydrogens is 496 g/mol. The highest BCUT2D eigenvalue weighted by Crippen LogP contribution is 2.37. The van der Waals surface area contributed by atoms with E-state index in [1.54, 1.807) is 48.8 Å². The number of pyridine rings is 2. The van der Waals surface area contributed by atoms with E-state index in [1.807, 2.05) is 30.1 Å². The van der Waals surface area contributed by atoms with Crippen LogP contribution in [-0.2, 0) is 11.8 Å². The molecule has 0 radical (unpaired) electrons. The Bertz CT molecular complexity index is 1600. The van der Waals surface area contributed by atoms with Crippen molar-refractivity contribution in [3.63, 3.8) is 0 Å². The van der Waals surface area contributed by atoms with Crippen molar-refractivity contribution < 1.29 is 19.1 Å². The number of anilines is 3. The maximum atomic E-state index is 13.4. The minimum atomic E-state index is -0.437. The van der Waals surface area contributed by atoms with E-state index in [1.165, 1.54) is 0 Å². The molecule has 1 aromatic carbocycles. The number of morpholine rings is 1. The number of benzene rings is 1. The maximum Gasteiger partial charge on any atom is 0.323 e. The smallest absolute Gasteiger partial charge is 0.323 e. The fourth-order valence-electron chi connectivity index (χ4n) is 5.21. The Balaban J connectivity index is 1.28. The van der Waals surface area contributed by atoms with Gasteiger partial charge in [-0.1, -0.05) is 0 Å². The quantitative estimate of drug-likeness (QED) is 0.368. The van der Waals surface area contributed by atoms with Gasteiger partial charge in [-0.05, 0) is 56.3 Å². The van der Waals surface area contributed by atoms with Crippen LogP contribution in [0.2, 0.25) is 0 Å². The number of nitrogens with zero attached hydrogens (tertiary/aromatic N) is 4. The molecule has 2 atom stereocenters. The van der Waals surface area contributed by atoms with E-state index < -0.39 is 6.03 Å². The third-order valence-electron chi connectivity index (χ3n) is 6.76. The maximum absolute atomic E-state index is 13.4. The number of aryl methyl sites for hydroxylation is 1. The molecule has 2 aliphatic heterocycles. The van der Waals surface area contributed by atoms with Gasteiger partial charge in [0.1, 0.15) is 11.4 Å². The van der Waals surface area contributed by atoms with Crippen LogP contribution in [0.4, 0.5) is 21.9 Å². The van der Waals surface area contributed by atoms with Gasteiger partial charge < -0.3 is 29.6 Å². The molecule has 4 aromatic rings. The number of urea groups is 1. The third kappa shape index (κ3) is 4.82. The van der Waals surface area contributed by atoms with E-state index in [-0.39, 0.29) is 23.8 Å². The second kappa shape index (κ2) is 9.88. The Morgan fingerprint density at radius 1 is 1.08 bits per heavy atom. The minimum Gasteiger partial charge on any atom is -0.452 e. The van der Waals surface area contributed by atoms with Gasteiger partial charge in [0.05, 0.1) is 35.3 Å². The summed E-state index contributed by atoms with van der Waals surface area (Å²) in [4.78, 5) is 36.7. The molecule has 198 valence electrons. The van der Waals surface area contributed by atoms with Gasteiger partial charge in [-0.15, -0.1) is 0 Å². The lowest BCUT2D eigenvalue weighted by Gasteiger charge is -2.37. The molecule has 0 unspecified atom stereocenters. The van der Waals surface area contributed by atoms with Crippen LogP contribution in [0.5, 0.6) is 5.75 Å². The zero-order valence-electron chi connectivity index (χ0n) is 21.8. The van der Waals surface area contributed by atoms with Crippen LogP contribution in [0.3, 0.4) is 0 Å². The van der Waals surface area contributed by atoms with Crippen molar-refractivity contribution in [2.24, 2.45) is 7.05 Å². The van der Waals surface area contributed by atoms with Crippen LogP contribution in [0.15, 0.2) is 66.9 Å². The summed E-state index contributed by atoms with van der Waals surface area (Å²) in [6.07, 6.45) is 8.91. The Kier molecular flexibility index (Phi) is 6.24. The summed E-state index contributed by atoms with van der Waals surface area (Å²) in [7, 11) is 1.94. The predicted molar refractivity (Wildman–Crippen MR) is 149 cm³/mol. The van der Waals surface area contributed by atoms with E-state index in [0.29, 0.717) is 22.7 Å². The Morgan fingerprint density at radius 2 is 1.87 bits per heavy atom. The number of ketones is 1. The first-order valence-electron chi connectivity index (χ1n) is 12.8. The molecule has 6 rings (SSSR count). The number of fused-ring (bicyclic) bond motifs is 2. The highest BCUT2D eigenvalue weighted by Gasteiger charge is 2.29. The number of allylic oxidation sites excluding steroid dienone is 1. The number of hydrogen-bond donors (Lipinski definition) is 2. The summed E-state index contributed by atoms with van der Waals surface area (Å²) in [5.41, 5.74) is 4.12. The molecule has 0 spiro atoms. The number of Topliss-reactive ketones (excluding diaryl/α,β-unsaturated/α-hetero) is 1. The zero-order chi connectivity index (χ0) is 27.1. The monoisotopic (exact) mass is 524 g/mol. The molecule has 3 aromatic heterocycles. The number of rotatable bonds is 4. The number of aromatic nitrogens is 3. The molecule has 39 heavy (non-hydrogen) atoms. The van der Waals surface area contributed by atoms with Gasteiger partial charge in [0, 0.05) is 55.4 Å². The van der Waals surface area contributed by atoms with Crippen LogP contribution < -0.4 is 20.3 Å². The number of carbonyl (C=O) groups is 2. The number of amides is 2. The van der Waals surface area contributed by atoms with Crippen LogP contribution in [0, 0.1) is 0 Å². The standard InChI is InChI=1S/C29H28N6O4/c1-17-14-35(15-18(2)38-17)23-8-10-31-28-26(23)19(16-34(28)3)11-25-27(36)22-12-20(6-7-24(22)39-25)32-29(37)33-21-5-4-9-30-13-21/h4-13,16-18H,14-15H2,1-3H3,(H2,32,33,37)/b25-11-/t17-,18+. The molecule has 10 heteroatoms. The lowest BCUT2D eigenvalue weighted by molar-refractivity contribution is -0.00513. The lowest BCUT2D eigenvalue weighted by atomic mass is 10.1. The summed E-state index contributed by atoms with van der Waals surface area (Å²) < 4.78 is 13.9. The molecule has 2 N–H and O–H groups in total. The SMILES string of the molecule is C[C@@H]1CN(c2ccnc3c2c(/C=C2\Oc4ccc(NC(=O)Nc5cccnc5)cc4C2=O)cn3C)C[C@H](C)O1. The highest BCUT2D eigenvalue weighted by molar-refractivity contribution is 6.16. The lowest BCUT2D eigenvalue weighted by Crippen LogP contribution is -2.45. The summed E-state index contributed by atoms with van der Waals surface area (Å²) in [5.74, 6) is 0.407. The molecule has 5 heterocycles. The zero-order valence-corrected chi connectivity index (χ0v) is 21.8. The van der Waals surface area contributed by atoms with E-state index in [2.05, 4.69) is 39.3 Å². The molecule has 0 bridgehead atoms. The highest BCUT2D eigenvalue weighted by atomic mass is 16.5. The van der Waals surface area contributed by atoms with Gasteiger partial charge in [0.2, 0.25) is 5.78 Å². The first kappa shape index (κ1) is 24.6. The fourth-order valence-corrected chi connectivity index (χ4v) is 5.21. The fraction of sp³-hybridized carbons (Fsp3) is 0.241. The molecule has 0 aliphatic carbocycles. The summed E-state index contributed by atoms with van der Waals surface area (Å²) in [6, 6.07) is 10.0. The van der Waals surface area contributed by atoms with Crippen molar-refractivity contribution in [1.82, 2.24) is 14.5 Å². The van der Waals surface area contributed by atoms with Crippen molar-refractivity contribution in [1.29, 1.82) is 0 Å². The number of carbonyl (C=O) groups excluding carboxylic acids is 2. The first-order valence-corrected chi connectivity index (χ1v) is 12.8. The van der Waals surface area contributed by atoms with Crippen molar-refractivity contribution >= 4 is 46.0 Å². The van der Waals surface area contributed by atoms with E-state index in [9.17, 15) is 9.59 Å².